The van der Waals surface area contributed by atoms with Crippen molar-refractivity contribution >= 4 is 17.9 Å². The maximum absolute atomic E-state index is 12.8. The summed E-state index contributed by atoms with van der Waals surface area (Å²) in [6.45, 7) is 6.62. The largest absolute Gasteiger partial charge is 0.459 e. The molecule has 0 rings (SSSR count). The zero-order valence-corrected chi connectivity index (χ0v) is 43.4. The molecule has 0 saturated carbocycles. The lowest BCUT2D eigenvalue weighted by atomic mass is 10.0. The highest BCUT2D eigenvalue weighted by atomic mass is 16.6. The highest BCUT2D eigenvalue weighted by Crippen LogP contribution is 2.15. The van der Waals surface area contributed by atoms with E-state index in [1.165, 1.54) is 173 Å². The summed E-state index contributed by atoms with van der Waals surface area (Å²) < 4.78 is 17.0. The first kappa shape index (κ1) is 62.6. The third-order valence-corrected chi connectivity index (χ3v) is 12.5. The van der Waals surface area contributed by atoms with Gasteiger partial charge in [-0.1, -0.05) is 211 Å². The summed E-state index contributed by atoms with van der Waals surface area (Å²) in [7, 11) is 0. The first-order chi connectivity index (χ1) is 31.9. The van der Waals surface area contributed by atoms with E-state index in [1.807, 2.05) is 0 Å². The molecule has 0 aromatic carbocycles. The smallest absolute Gasteiger partial charge is 0.306 e. The Hall–Kier alpha value is -2.41. The van der Waals surface area contributed by atoms with Gasteiger partial charge in [0.05, 0.1) is 0 Å². The van der Waals surface area contributed by atoms with Crippen LogP contribution >= 0.6 is 0 Å². The van der Waals surface area contributed by atoms with E-state index in [-0.39, 0.29) is 37.7 Å². The van der Waals surface area contributed by atoms with E-state index in [0.29, 0.717) is 19.3 Å². The van der Waals surface area contributed by atoms with Crippen molar-refractivity contribution in [1.29, 1.82) is 0 Å². The van der Waals surface area contributed by atoms with Gasteiger partial charge in [0.15, 0.2) is 25.4 Å². The Bertz CT molecular complexity index is 995. The summed E-state index contributed by atoms with van der Waals surface area (Å²) in [5.41, 5.74) is 3.22. The van der Waals surface area contributed by atoms with Gasteiger partial charge < -0.3 is 19.9 Å². The van der Waals surface area contributed by atoms with Crippen LogP contribution in [-0.4, -0.2) is 43.3 Å². The minimum absolute atomic E-state index is 0.0573. The van der Waals surface area contributed by atoms with Crippen molar-refractivity contribution in [1.82, 2.24) is 0 Å². The average Bonchev–Trinajstić information content (AvgIpc) is 3.30. The lowest BCUT2D eigenvalue weighted by Gasteiger charge is -2.25. The molecule has 3 N–H and O–H groups in total. The van der Waals surface area contributed by atoms with Gasteiger partial charge in [0, 0.05) is 19.3 Å². The zero-order chi connectivity index (χ0) is 47.4. The maximum Gasteiger partial charge on any atom is 0.306 e. The van der Waals surface area contributed by atoms with Crippen LogP contribution in [0.25, 0.3) is 0 Å². The van der Waals surface area contributed by atoms with Gasteiger partial charge in [0.25, 0.3) is 0 Å². The SMILES string of the molecule is CCCCCCCC/C=C\CCCCCCCC(=O)OCC([NH3+])(COC(=O)CCCCCCC/C=C\CCCCCCCC)COC(=O)CCCCCCC/C=C\CCCCCCCC. The zero-order valence-electron chi connectivity index (χ0n) is 43.4. The lowest BCUT2D eigenvalue weighted by molar-refractivity contribution is -0.494. The number of carbonyl (C=O) groups excluding carboxylic acids is 3. The van der Waals surface area contributed by atoms with Crippen LogP contribution in [0.1, 0.15) is 290 Å². The molecule has 380 valence electrons. The molecule has 0 aliphatic carbocycles. The molecule has 0 heterocycles. The van der Waals surface area contributed by atoms with Crippen LogP contribution < -0.4 is 5.73 Å². The number of rotatable bonds is 51. The molecular weight excluding hydrogens is 807 g/mol. The van der Waals surface area contributed by atoms with E-state index < -0.39 is 5.54 Å². The summed E-state index contributed by atoms with van der Waals surface area (Å²) >= 11 is 0. The highest BCUT2D eigenvalue weighted by Gasteiger charge is 2.35. The van der Waals surface area contributed by atoms with Crippen molar-refractivity contribution in [3.8, 4) is 0 Å². The van der Waals surface area contributed by atoms with Crippen molar-refractivity contribution in [3.63, 3.8) is 0 Å². The summed E-state index contributed by atoms with van der Waals surface area (Å²) in [5.74, 6) is -0.848. The van der Waals surface area contributed by atoms with Crippen molar-refractivity contribution < 1.29 is 34.3 Å². The second-order valence-corrected chi connectivity index (χ2v) is 19.5. The number of hydrogen-bond donors (Lipinski definition) is 1. The lowest BCUT2D eigenvalue weighted by Crippen LogP contribution is -2.79. The molecule has 0 saturated heterocycles. The summed E-state index contributed by atoms with van der Waals surface area (Å²) in [6.07, 6.45) is 62.0. The van der Waals surface area contributed by atoms with E-state index >= 15 is 0 Å². The predicted octanol–water partition coefficient (Wildman–Crippen LogP) is 16.7. The van der Waals surface area contributed by atoms with Gasteiger partial charge in [-0.25, -0.2) is 0 Å². The van der Waals surface area contributed by atoms with Crippen LogP contribution in [0.5, 0.6) is 0 Å². The second kappa shape index (κ2) is 51.0. The molecule has 7 heteroatoms. The van der Waals surface area contributed by atoms with Crippen LogP contribution in [0.2, 0.25) is 0 Å². The van der Waals surface area contributed by atoms with E-state index in [0.717, 1.165) is 77.0 Å². The molecule has 0 aromatic heterocycles. The normalized spacial score (nSPS) is 12.0. The quantitative estimate of drug-likeness (QED) is 0.0282. The van der Waals surface area contributed by atoms with Gasteiger partial charge in [0.2, 0.25) is 0 Å². The Morgan fingerprint density at radius 1 is 0.308 bits per heavy atom. The minimum Gasteiger partial charge on any atom is -0.459 e. The predicted molar refractivity (Wildman–Crippen MR) is 277 cm³/mol. The van der Waals surface area contributed by atoms with Crippen LogP contribution in [0.4, 0.5) is 0 Å². The third-order valence-electron chi connectivity index (χ3n) is 12.5. The molecule has 7 nitrogen and oxygen atoms in total. The van der Waals surface area contributed by atoms with Crippen molar-refractivity contribution in [2.24, 2.45) is 0 Å². The van der Waals surface area contributed by atoms with E-state index in [4.69, 9.17) is 14.2 Å². The van der Waals surface area contributed by atoms with Gasteiger partial charge in [-0.05, 0) is 96.3 Å². The molecule has 0 fully saturated rings. The summed E-state index contributed by atoms with van der Waals surface area (Å²) in [4.78, 5) is 38.3. The van der Waals surface area contributed by atoms with Gasteiger partial charge in [-0.3, -0.25) is 14.4 Å². The number of quaternary nitrogens is 1. The molecule has 0 aromatic rings. The van der Waals surface area contributed by atoms with Crippen molar-refractivity contribution in [2.45, 2.75) is 296 Å². The van der Waals surface area contributed by atoms with Gasteiger partial charge >= 0.3 is 17.9 Å². The van der Waals surface area contributed by atoms with E-state index in [2.05, 4.69) is 63.0 Å². The molecule has 0 unspecified atom stereocenters. The topological polar surface area (TPSA) is 107 Å². The van der Waals surface area contributed by atoms with Crippen LogP contribution in [0, 0.1) is 0 Å². The van der Waals surface area contributed by atoms with Crippen molar-refractivity contribution in [2.75, 3.05) is 19.8 Å². The fraction of sp³-hybridized carbons (Fsp3) is 0.845. The number of unbranched alkanes of at least 4 members (excludes halogenated alkanes) is 33. The number of allylic oxidation sites excluding steroid dienone is 6. The van der Waals surface area contributed by atoms with Gasteiger partial charge in [-0.15, -0.1) is 0 Å². The monoisotopic (exact) mass is 915 g/mol. The summed E-state index contributed by atoms with van der Waals surface area (Å²) in [5, 5.41) is 0. The maximum atomic E-state index is 12.8. The van der Waals surface area contributed by atoms with Gasteiger partial charge in [0.1, 0.15) is 0 Å². The first-order valence-corrected chi connectivity index (χ1v) is 28.1. The Labute approximate surface area is 403 Å². The molecule has 0 bridgehead atoms. The van der Waals surface area contributed by atoms with Gasteiger partial charge in [-0.2, -0.15) is 0 Å². The Morgan fingerprint density at radius 3 is 0.708 bits per heavy atom. The minimum atomic E-state index is -1.05. The standard InChI is InChI=1S/C58H107NO6/c1-4-7-10-13-16-19-22-25-28-31-34-37-40-43-46-49-55(60)63-52-58(59,53-64-56(61)50-47-44-41-38-35-32-29-26-23-20-17-14-11-8-5-2)54-65-57(62)51-48-45-42-39-36-33-30-27-24-21-18-15-12-9-6-3/h25-30H,4-24,31-54,59H2,1-3H3/p+1/b28-25-,29-26-,30-27-. The van der Waals surface area contributed by atoms with E-state index in [1.54, 1.807) is 0 Å². The molecule has 0 amide bonds. The summed E-state index contributed by atoms with van der Waals surface area (Å²) in [6, 6.07) is 0. The molecule has 65 heavy (non-hydrogen) atoms. The highest BCUT2D eigenvalue weighted by molar-refractivity contribution is 5.70. The average molecular weight is 916 g/mol. The fourth-order valence-electron chi connectivity index (χ4n) is 8.06. The van der Waals surface area contributed by atoms with Crippen LogP contribution in [-0.2, 0) is 28.6 Å². The Balaban J connectivity index is 4.51. The number of hydrogen-bond acceptors (Lipinski definition) is 6. The number of esters is 3. The third kappa shape index (κ3) is 49.3. The fourth-order valence-corrected chi connectivity index (χ4v) is 8.06. The molecular formula is C58H108NO6+. The molecule has 0 aliphatic heterocycles. The molecule has 0 aliphatic rings. The second-order valence-electron chi connectivity index (χ2n) is 19.5. The number of carbonyl (C=O) groups is 3. The number of ether oxygens (including phenoxy) is 3. The van der Waals surface area contributed by atoms with E-state index in [9.17, 15) is 14.4 Å². The molecule has 0 atom stereocenters. The van der Waals surface area contributed by atoms with Crippen LogP contribution in [0.15, 0.2) is 36.5 Å². The van der Waals surface area contributed by atoms with Crippen LogP contribution in [0.3, 0.4) is 0 Å². The first-order valence-electron chi connectivity index (χ1n) is 28.1. The van der Waals surface area contributed by atoms with Crippen molar-refractivity contribution in [3.05, 3.63) is 36.5 Å². The molecule has 0 spiro atoms. The molecule has 0 radical (unpaired) electrons. The Kier molecular flexibility index (Phi) is 49.1. The Morgan fingerprint density at radius 2 is 0.492 bits per heavy atom.